The van der Waals surface area contributed by atoms with Gasteiger partial charge >= 0.3 is 0 Å². The zero-order valence-electron chi connectivity index (χ0n) is 16.7. The van der Waals surface area contributed by atoms with Crippen molar-refractivity contribution in [1.29, 1.82) is 0 Å². The fourth-order valence-electron chi connectivity index (χ4n) is 3.02. The molecule has 148 valence electrons. The summed E-state index contributed by atoms with van der Waals surface area (Å²) in [6.45, 7) is 5.37. The lowest BCUT2D eigenvalue weighted by Crippen LogP contribution is -2.37. The van der Waals surface area contributed by atoms with Crippen LogP contribution in [-0.4, -0.2) is 58.5 Å². The number of anilines is 1. The minimum Gasteiger partial charge on any atom is -0.493 e. The van der Waals surface area contributed by atoms with Crippen molar-refractivity contribution in [1.82, 2.24) is 4.90 Å². The second kappa shape index (κ2) is 10.6. The van der Waals surface area contributed by atoms with E-state index < -0.39 is 0 Å². The van der Waals surface area contributed by atoms with E-state index in [1.165, 1.54) is 0 Å². The van der Waals surface area contributed by atoms with Gasteiger partial charge in [-0.3, -0.25) is 4.90 Å². The van der Waals surface area contributed by atoms with E-state index in [2.05, 4.69) is 22.1 Å². The Hall–Kier alpha value is -2.68. The average Bonchev–Trinajstić information content (AvgIpc) is 2.76. The Morgan fingerprint density at radius 2 is 1.71 bits per heavy atom. The molecule has 0 atom stereocenters. The van der Waals surface area contributed by atoms with Crippen LogP contribution < -0.4 is 14.8 Å². The molecule has 1 aliphatic heterocycles. The first kappa shape index (κ1) is 20.1. The highest BCUT2D eigenvalue weighted by atomic mass is 16.5. The molecule has 1 fully saturated rings. The second-order valence-corrected chi connectivity index (χ2v) is 6.60. The minimum atomic E-state index is 0.663. The molecular formula is C23H28N2O3. The Bertz CT molecular complexity index is 803. The van der Waals surface area contributed by atoms with Crippen molar-refractivity contribution in [3.05, 3.63) is 53.6 Å². The lowest BCUT2D eigenvalue weighted by molar-refractivity contribution is 0.0357. The summed E-state index contributed by atoms with van der Waals surface area (Å²) in [7, 11) is 3.56. The summed E-state index contributed by atoms with van der Waals surface area (Å²) in [4.78, 5) is 2.41. The number of ether oxygens (including phenoxy) is 3. The van der Waals surface area contributed by atoms with Crippen LogP contribution in [-0.2, 0) is 4.74 Å². The normalized spacial score (nSPS) is 14.1. The van der Waals surface area contributed by atoms with Crippen molar-refractivity contribution in [2.75, 3.05) is 58.9 Å². The third kappa shape index (κ3) is 5.91. The van der Waals surface area contributed by atoms with E-state index in [0.717, 1.165) is 61.8 Å². The molecule has 0 saturated carbocycles. The van der Waals surface area contributed by atoms with Crippen LogP contribution in [0.4, 0.5) is 5.69 Å². The van der Waals surface area contributed by atoms with Gasteiger partial charge in [0.25, 0.3) is 0 Å². The number of benzene rings is 2. The summed E-state index contributed by atoms with van der Waals surface area (Å²) in [6.07, 6.45) is 0.979. The van der Waals surface area contributed by atoms with Crippen LogP contribution in [0, 0.1) is 11.8 Å². The highest BCUT2D eigenvalue weighted by Gasteiger charge is 2.10. The van der Waals surface area contributed by atoms with Crippen LogP contribution in [0.5, 0.6) is 11.5 Å². The van der Waals surface area contributed by atoms with E-state index in [4.69, 9.17) is 14.2 Å². The maximum atomic E-state index is 5.92. The van der Waals surface area contributed by atoms with Gasteiger partial charge in [0, 0.05) is 43.5 Å². The number of nitrogens with one attached hydrogen (secondary N) is 1. The maximum Gasteiger partial charge on any atom is 0.161 e. The van der Waals surface area contributed by atoms with Gasteiger partial charge < -0.3 is 19.5 Å². The molecular weight excluding hydrogens is 352 g/mol. The van der Waals surface area contributed by atoms with E-state index in [0.29, 0.717) is 12.4 Å². The fourth-order valence-corrected chi connectivity index (χ4v) is 3.02. The number of rotatable bonds is 7. The number of nitrogens with zero attached hydrogens (tertiary/aromatic N) is 1. The zero-order valence-corrected chi connectivity index (χ0v) is 16.7. The first-order valence-corrected chi connectivity index (χ1v) is 9.69. The Kier molecular flexibility index (Phi) is 7.60. The third-order valence-corrected chi connectivity index (χ3v) is 4.67. The first-order chi connectivity index (χ1) is 13.8. The molecule has 0 spiro atoms. The molecule has 0 amide bonds. The number of hydrogen-bond donors (Lipinski definition) is 1. The molecule has 1 aliphatic rings. The molecule has 1 saturated heterocycles. The molecule has 0 unspecified atom stereocenters. The van der Waals surface area contributed by atoms with Crippen LogP contribution in [0.25, 0.3) is 0 Å². The second-order valence-electron chi connectivity index (χ2n) is 6.60. The Labute approximate surface area is 167 Å². The molecule has 0 aliphatic carbocycles. The maximum absolute atomic E-state index is 5.92. The van der Waals surface area contributed by atoms with E-state index in [1.807, 2.05) is 49.5 Å². The molecule has 1 N–H and O–H groups in total. The van der Waals surface area contributed by atoms with Gasteiger partial charge in [0.05, 0.1) is 26.9 Å². The Balaban J connectivity index is 1.55. The molecule has 2 aromatic rings. The van der Waals surface area contributed by atoms with Crippen molar-refractivity contribution in [2.45, 2.75) is 6.42 Å². The summed E-state index contributed by atoms with van der Waals surface area (Å²) in [5.74, 6) is 7.84. The van der Waals surface area contributed by atoms with Gasteiger partial charge in [0.15, 0.2) is 11.5 Å². The topological polar surface area (TPSA) is 43.0 Å². The highest BCUT2D eigenvalue weighted by molar-refractivity contribution is 5.52. The molecule has 3 rings (SSSR count). The Morgan fingerprint density at radius 1 is 1.00 bits per heavy atom. The summed E-state index contributed by atoms with van der Waals surface area (Å²) in [5.41, 5.74) is 2.94. The monoisotopic (exact) mass is 380 g/mol. The van der Waals surface area contributed by atoms with Gasteiger partial charge in [-0.2, -0.15) is 0 Å². The van der Waals surface area contributed by atoms with E-state index in [1.54, 1.807) is 7.11 Å². The number of hydrogen-bond acceptors (Lipinski definition) is 5. The molecule has 0 aromatic heterocycles. The van der Waals surface area contributed by atoms with Gasteiger partial charge in [0.1, 0.15) is 0 Å². The van der Waals surface area contributed by atoms with Crippen LogP contribution in [0.2, 0.25) is 0 Å². The van der Waals surface area contributed by atoms with Crippen LogP contribution in [0.1, 0.15) is 17.5 Å². The van der Waals surface area contributed by atoms with Crippen molar-refractivity contribution in [3.63, 3.8) is 0 Å². The largest absolute Gasteiger partial charge is 0.493 e. The quantitative estimate of drug-likeness (QED) is 0.590. The molecule has 5 heteroatoms. The lowest BCUT2D eigenvalue weighted by atomic mass is 10.1. The summed E-state index contributed by atoms with van der Waals surface area (Å²) >= 11 is 0. The predicted octanol–water partition coefficient (Wildman–Crippen LogP) is 3.24. The summed E-state index contributed by atoms with van der Waals surface area (Å²) < 4.78 is 16.8. The van der Waals surface area contributed by atoms with Gasteiger partial charge in [-0.05, 0) is 48.9 Å². The van der Waals surface area contributed by atoms with Crippen molar-refractivity contribution in [2.24, 2.45) is 0 Å². The molecule has 0 bridgehead atoms. The van der Waals surface area contributed by atoms with Crippen LogP contribution in [0.3, 0.4) is 0 Å². The van der Waals surface area contributed by atoms with E-state index in [9.17, 15) is 0 Å². The predicted molar refractivity (Wildman–Crippen MR) is 112 cm³/mol. The van der Waals surface area contributed by atoms with Crippen LogP contribution in [0.15, 0.2) is 42.5 Å². The number of methoxy groups -OCH3 is 1. The standard InChI is InChI=1S/C23H28N2O3/c1-24-21-9-6-19(7-10-21)4-5-20-8-11-22(23(18-20)26-2)28-15-3-12-25-13-16-27-17-14-25/h6-11,18,24H,3,12-17H2,1-2H3. The van der Waals surface area contributed by atoms with Gasteiger partial charge in [-0.1, -0.05) is 11.8 Å². The molecule has 5 nitrogen and oxygen atoms in total. The smallest absolute Gasteiger partial charge is 0.161 e. The third-order valence-electron chi connectivity index (χ3n) is 4.67. The summed E-state index contributed by atoms with van der Waals surface area (Å²) in [5, 5.41) is 3.10. The fraction of sp³-hybridized carbons (Fsp3) is 0.391. The Morgan fingerprint density at radius 3 is 2.43 bits per heavy atom. The SMILES string of the molecule is CNc1ccc(C#Cc2ccc(OCCCN3CCOCC3)c(OC)c2)cc1. The zero-order chi connectivity index (χ0) is 19.6. The highest BCUT2D eigenvalue weighted by Crippen LogP contribution is 2.28. The molecule has 0 radical (unpaired) electrons. The average molecular weight is 380 g/mol. The van der Waals surface area contributed by atoms with Crippen molar-refractivity contribution < 1.29 is 14.2 Å². The molecule has 28 heavy (non-hydrogen) atoms. The van der Waals surface area contributed by atoms with Gasteiger partial charge in [-0.15, -0.1) is 0 Å². The van der Waals surface area contributed by atoms with E-state index >= 15 is 0 Å². The van der Waals surface area contributed by atoms with E-state index in [-0.39, 0.29) is 0 Å². The molecule has 2 aromatic carbocycles. The van der Waals surface area contributed by atoms with Gasteiger partial charge in [-0.25, -0.2) is 0 Å². The van der Waals surface area contributed by atoms with Crippen molar-refractivity contribution in [3.8, 4) is 23.3 Å². The lowest BCUT2D eigenvalue weighted by Gasteiger charge is -2.26. The van der Waals surface area contributed by atoms with Gasteiger partial charge in [0.2, 0.25) is 0 Å². The van der Waals surface area contributed by atoms with Crippen molar-refractivity contribution >= 4 is 5.69 Å². The summed E-state index contributed by atoms with van der Waals surface area (Å²) in [6, 6.07) is 13.9. The first-order valence-electron chi connectivity index (χ1n) is 9.69. The molecule has 1 heterocycles. The number of morpholine rings is 1. The van der Waals surface area contributed by atoms with Crippen LogP contribution >= 0.6 is 0 Å². The minimum absolute atomic E-state index is 0.663.